The van der Waals surface area contributed by atoms with Crippen LogP contribution in [0.5, 0.6) is 5.75 Å². The molecule has 2 rings (SSSR count). The monoisotopic (exact) mass is 297 g/mol. The molecule has 114 valence electrons. The van der Waals surface area contributed by atoms with Crippen LogP contribution in [0.15, 0.2) is 48.5 Å². The van der Waals surface area contributed by atoms with Crippen LogP contribution in [0, 0.1) is 24.1 Å². The molecule has 0 saturated carbocycles. The predicted octanol–water partition coefficient (Wildman–Crippen LogP) is 4.99. The molecule has 2 aromatic carbocycles. The Morgan fingerprint density at radius 3 is 2.59 bits per heavy atom. The van der Waals surface area contributed by atoms with E-state index in [1.54, 1.807) is 12.1 Å². The molecule has 0 N–H and O–H groups in total. The van der Waals surface area contributed by atoms with Gasteiger partial charge in [0.2, 0.25) is 0 Å². The van der Waals surface area contributed by atoms with Gasteiger partial charge in [0.05, 0.1) is 18.6 Å². The zero-order chi connectivity index (χ0) is 15.8. The van der Waals surface area contributed by atoms with Gasteiger partial charge in [-0.15, -0.1) is 0 Å². The summed E-state index contributed by atoms with van der Waals surface area (Å²) in [6.07, 6.45) is 2.47. The minimum absolute atomic E-state index is 0.255. The second kappa shape index (κ2) is 8.19. The van der Waals surface area contributed by atoms with Crippen molar-refractivity contribution in [2.75, 3.05) is 6.61 Å². The van der Waals surface area contributed by atoms with Gasteiger partial charge in [0.25, 0.3) is 0 Å². The molecule has 22 heavy (non-hydrogen) atoms. The number of halogens is 1. The van der Waals surface area contributed by atoms with E-state index in [2.05, 4.69) is 6.07 Å². The summed E-state index contributed by atoms with van der Waals surface area (Å²) in [5, 5.41) is 9.23. The molecule has 0 aliphatic heterocycles. The number of nitriles is 1. The Morgan fingerprint density at radius 1 is 1.14 bits per heavy atom. The first-order valence-corrected chi connectivity index (χ1v) is 7.53. The van der Waals surface area contributed by atoms with E-state index in [0.29, 0.717) is 6.61 Å². The first-order chi connectivity index (χ1) is 10.7. The molecule has 0 aliphatic carbocycles. The fourth-order valence-corrected chi connectivity index (χ4v) is 2.30. The van der Waals surface area contributed by atoms with Crippen molar-refractivity contribution in [2.24, 2.45) is 0 Å². The van der Waals surface area contributed by atoms with Crippen LogP contribution in [0.3, 0.4) is 0 Å². The molecular formula is C19H20FNO. The van der Waals surface area contributed by atoms with Gasteiger partial charge in [0.15, 0.2) is 0 Å². The van der Waals surface area contributed by atoms with Crippen molar-refractivity contribution >= 4 is 0 Å². The summed E-state index contributed by atoms with van der Waals surface area (Å²) in [6.45, 7) is 2.67. The first kappa shape index (κ1) is 16.0. The largest absolute Gasteiger partial charge is 0.494 e. The lowest BCUT2D eigenvalue weighted by Gasteiger charge is -2.10. The van der Waals surface area contributed by atoms with Crippen LogP contribution in [0.4, 0.5) is 4.39 Å². The summed E-state index contributed by atoms with van der Waals surface area (Å²) >= 11 is 0. The van der Waals surface area contributed by atoms with E-state index in [0.717, 1.165) is 30.6 Å². The van der Waals surface area contributed by atoms with Gasteiger partial charge in [-0.05, 0) is 56.0 Å². The minimum Gasteiger partial charge on any atom is -0.494 e. The van der Waals surface area contributed by atoms with Gasteiger partial charge in [0.1, 0.15) is 11.6 Å². The Morgan fingerprint density at radius 2 is 1.91 bits per heavy atom. The Bertz CT molecular complexity index is 631. The van der Waals surface area contributed by atoms with Gasteiger partial charge in [-0.3, -0.25) is 0 Å². The maximum atomic E-state index is 13.2. The molecule has 0 radical (unpaired) electrons. The number of aryl methyl sites for hydroxylation is 1. The third-order valence-corrected chi connectivity index (χ3v) is 3.58. The Balaban J connectivity index is 1.73. The van der Waals surface area contributed by atoms with E-state index < -0.39 is 0 Å². The second-order valence-electron chi connectivity index (χ2n) is 5.39. The van der Waals surface area contributed by atoms with Gasteiger partial charge in [-0.2, -0.15) is 5.26 Å². The van der Waals surface area contributed by atoms with Crippen molar-refractivity contribution in [1.82, 2.24) is 0 Å². The highest BCUT2D eigenvalue weighted by atomic mass is 19.1. The number of benzene rings is 2. The predicted molar refractivity (Wildman–Crippen MR) is 85.3 cm³/mol. The number of nitrogens with zero attached hydrogens (tertiary/aromatic N) is 1. The van der Waals surface area contributed by atoms with Crippen LogP contribution in [-0.4, -0.2) is 6.61 Å². The molecule has 2 nitrogen and oxygen atoms in total. The molecule has 0 saturated heterocycles. The van der Waals surface area contributed by atoms with E-state index in [-0.39, 0.29) is 11.7 Å². The smallest absolute Gasteiger partial charge is 0.123 e. The van der Waals surface area contributed by atoms with Gasteiger partial charge < -0.3 is 4.74 Å². The zero-order valence-electron chi connectivity index (χ0n) is 12.8. The molecule has 0 amide bonds. The highest BCUT2D eigenvalue weighted by Gasteiger charge is 2.10. The third kappa shape index (κ3) is 4.89. The molecule has 3 heteroatoms. The molecule has 0 fully saturated rings. The van der Waals surface area contributed by atoms with Crippen molar-refractivity contribution in [3.63, 3.8) is 0 Å². The maximum absolute atomic E-state index is 13.2. The van der Waals surface area contributed by atoms with Gasteiger partial charge >= 0.3 is 0 Å². The fraction of sp³-hybridized carbons (Fsp3) is 0.316. The van der Waals surface area contributed by atoms with Crippen molar-refractivity contribution < 1.29 is 9.13 Å². The standard InChI is InChI=1S/C19H20FNO/c1-15-8-10-19(11-9-15)22-12-3-2-5-17(14-21)16-6-4-7-18(20)13-16/h4,6-11,13,17H,2-3,5,12H2,1H3. The maximum Gasteiger partial charge on any atom is 0.123 e. The van der Waals surface area contributed by atoms with E-state index in [4.69, 9.17) is 4.74 Å². The van der Waals surface area contributed by atoms with E-state index in [1.807, 2.05) is 31.2 Å². The Labute approximate surface area is 131 Å². The summed E-state index contributed by atoms with van der Waals surface area (Å²) in [6, 6.07) is 16.5. The lowest BCUT2D eigenvalue weighted by Crippen LogP contribution is -2.00. The number of unbranched alkanes of at least 4 members (excludes halogenated alkanes) is 1. The summed E-state index contributed by atoms with van der Waals surface area (Å²) in [5.41, 5.74) is 1.96. The molecule has 0 aromatic heterocycles. The number of hydrogen-bond acceptors (Lipinski definition) is 2. The SMILES string of the molecule is Cc1ccc(OCCCCC(C#N)c2cccc(F)c2)cc1. The van der Waals surface area contributed by atoms with Crippen molar-refractivity contribution in [1.29, 1.82) is 5.26 Å². The molecule has 0 bridgehead atoms. The van der Waals surface area contributed by atoms with Crippen LogP contribution in [0.25, 0.3) is 0 Å². The van der Waals surface area contributed by atoms with Gasteiger partial charge in [-0.1, -0.05) is 29.8 Å². The van der Waals surface area contributed by atoms with Crippen LogP contribution < -0.4 is 4.74 Å². The van der Waals surface area contributed by atoms with E-state index >= 15 is 0 Å². The molecule has 1 unspecified atom stereocenters. The van der Waals surface area contributed by atoms with E-state index in [1.165, 1.54) is 17.7 Å². The minimum atomic E-state index is -0.291. The third-order valence-electron chi connectivity index (χ3n) is 3.58. The number of ether oxygens (including phenoxy) is 1. The van der Waals surface area contributed by atoms with E-state index in [9.17, 15) is 9.65 Å². The molecule has 0 spiro atoms. The van der Waals surface area contributed by atoms with Gasteiger partial charge in [0, 0.05) is 0 Å². The van der Waals surface area contributed by atoms with Crippen molar-refractivity contribution in [3.05, 3.63) is 65.5 Å². The summed E-state index contributed by atoms with van der Waals surface area (Å²) in [7, 11) is 0. The Kier molecular flexibility index (Phi) is 5.97. The van der Waals surface area contributed by atoms with Crippen LogP contribution in [-0.2, 0) is 0 Å². The average molecular weight is 297 g/mol. The highest BCUT2D eigenvalue weighted by Crippen LogP contribution is 2.22. The lowest BCUT2D eigenvalue weighted by atomic mass is 9.95. The van der Waals surface area contributed by atoms with Crippen molar-refractivity contribution in [2.45, 2.75) is 32.1 Å². The molecule has 0 aliphatic rings. The van der Waals surface area contributed by atoms with Crippen molar-refractivity contribution in [3.8, 4) is 11.8 Å². The molecule has 1 atom stereocenters. The van der Waals surface area contributed by atoms with Crippen LogP contribution in [0.1, 0.15) is 36.3 Å². The molecule has 2 aromatic rings. The Hall–Kier alpha value is -2.34. The lowest BCUT2D eigenvalue weighted by molar-refractivity contribution is 0.304. The average Bonchev–Trinajstić information content (AvgIpc) is 2.52. The number of rotatable bonds is 7. The first-order valence-electron chi connectivity index (χ1n) is 7.53. The van der Waals surface area contributed by atoms with Crippen LogP contribution in [0.2, 0.25) is 0 Å². The zero-order valence-corrected chi connectivity index (χ0v) is 12.8. The fourth-order valence-electron chi connectivity index (χ4n) is 2.30. The quantitative estimate of drug-likeness (QED) is 0.674. The number of hydrogen-bond donors (Lipinski definition) is 0. The molecule has 0 heterocycles. The molecular weight excluding hydrogens is 277 g/mol. The normalized spacial score (nSPS) is 11.7. The van der Waals surface area contributed by atoms with Crippen LogP contribution >= 0.6 is 0 Å². The topological polar surface area (TPSA) is 33.0 Å². The van der Waals surface area contributed by atoms with Gasteiger partial charge in [-0.25, -0.2) is 4.39 Å². The summed E-state index contributed by atoms with van der Waals surface area (Å²) in [4.78, 5) is 0. The second-order valence-corrected chi connectivity index (χ2v) is 5.39. The summed E-state index contributed by atoms with van der Waals surface area (Å²) in [5.74, 6) is 0.322. The summed E-state index contributed by atoms with van der Waals surface area (Å²) < 4.78 is 18.9. The highest BCUT2D eigenvalue weighted by molar-refractivity contribution is 5.26.